The van der Waals surface area contributed by atoms with Crippen LogP contribution >= 0.6 is 0 Å². The molecule has 0 heterocycles. The molecule has 0 bridgehead atoms. The lowest BCUT2D eigenvalue weighted by Gasteiger charge is -2.18. The van der Waals surface area contributed by atoms with Crippen molar-refractivity contribution in [3.8, 4) is 0 Å². The van der Waals surface area contributed by atoms with Gasteiger partial charge < -0.3 is 15.7 Å². The van der Waals surface area contributed by atoms with E-state index in [1.165, 1.54) is 0 Å². The number of nitrogens with one attached hydrogen (secondary N) is 2. The number of carbonyl (C=O) groups excluding carboxylic acids is 2. The summed E-state index contributed by atoms with van der Waals surface area (Å²) < 4.78 is 0. The average Bonchev–Trinajstić information content (AvgIpc) is 2.79. The molecule has 2 atom stereocenters. The molecule has 5 nitrogen and oxygen atoms in total. The second-order valence-corrected chi connectivity index (χ2v) is 6.22. The highest BCUT2D eigenvalue weighted by molar-refractivity contribution is 5.85. The zero-order valence-electron chi connectivity index (χ0n) is 13.1. The van der Waals surface area contributed by atoms with Gasteiger partial charge >= 0.3 is 0 Å². The monoisotopic (exact) mass is 304 g/mol. The molecule has 0 saturated heterocycles. The maximum Gasteiger partial charge on any atom is 0.239 e. The van der Waals surface area contributed by atoms with Gasteiger partial charge in [-0.3, -0.25) is 9.59 Å². The lowest BCUT2D eigenvalue weighted by Crippen LogP contribution is -2.41. The number of rotatable bonds is 6. The van der Waals surface area contributed by atoms with E-state index in [1.807, 2.05) is 24.3 Å². The predicted octanol–water partition coefficient (Wildman–Crippen LogP) is 1.31. The van der Waals surface area contributed by atoms with E-state index < -0.39 is 12.1 Å². The van der Waals surface area contributed by atoms with Crippen molar-refractivity contribution in [2.75, 3.05) is 6.54 Å². The van der Waals surface area contributed by atoms with Crippen LogP contribution in [-0.2, 0) is 16.0 Å². The van der Waals surface area contributed by atoms with Crippen molar-refractivity contribution in [1.82, 2.24) is 10.6 Å². The summed E-state index contributed by atoms with van der Waals surface area (Å²) in [7, 11) is 0. The first-order chi connectivity index (χ1) is 10.5. The van der Waals surface area contributed by atoms with Gasteiger partial charge in [-0.05, 0) is 23.5 Å². The zero-order valence-corrected chi connectivity index (χ0v) is 13.1. The molecule has 1 aromatic rings. The number of aliphatic hydroxyl groups is 1. The Morgan fingerprint density at radius 2 is 2.00 bits per heavy atom. The third kappa shape index (κ3) is 4.31. The molecule has 2 rings (SSSR count). The molecule has 1 aromatic carbocycles. The molecule has 0 saturated carbocycles. The first-order valence-corrected chi connectivity index (χ1v) is 7.79. The van der Waals surface area contributed by atoms with Gasteiger partial charge in [0.05, 0.1) is 18.7 Å². The van der Waals surface area contributed by atoms with Gasteiger partial charge in [-0.25, -0.2) is 0 Å². The molecule has 22 heavy (non-hydrogen) atoms. The fraction of sp³-hybridized carbons (Fsp3) is 0.529. The molecule has 0 spiro atoms. The van der Waals surface area contributed by atoms with E-state index in [-0.39, 0.29) is 18.4 Å². The lowest BCUT2D eigenvalue weighted by molar-refractivity contribution is -0.127. The number of amides is 2. The fourth-order valence-corrected chi connectivity index (χ4v) is 2.66. The second kappa shape index (κ2) is 7.40. The summed E-state index contributed by atoms with van der Waals surface area (Å²) >= 11 is 0. The Labute approximate surface area is 131 Å². The van der Waals surface area contributed by atoms with Crippen LogP contribution in [0.5, 0.6) is 0 Å². The van der Waals surface area contributed by atoms with E-state index in [0.29, 0.717) is 18.8 Å². The van der Waals surface area contributed by atoms with Crippen LogP contribution in [0.1, 0.15) is 43.9 Å². The number of hydrogen-bond acceptors (Lipinski definition) is 3. The lowest BCUT2D eigenvalue weighted by atomic mass is 10.1. The quantitative estimate of drug-likeness (QED) is 0.741. The van der Waals surface area contributed by atoms with Crippen molar-refractivity contribution in [3.63, 3.8) is 0 Å². The van der Waals surface area contributed by atoms with E-state index in [0.717, 1.165) is 17.5 Å². The van der Waals surface area contributed by atoms with Crippen molar-refractivity contribution in [2.24, 2.45) is 5.92 Å². The van der Waals surface area contributed by atoms with E-state index in [2.05, 4.69) is 24.5 Å². The summed E-state index contributed by atoms with van der Waals surface area (Å²) in [6.45, 7) is 4.06. The minimum Gasteiger partial charge on any atom is -0.390 e. The highest BCUT2D eigenvalue weighted by atomic mass is 16.3. The molecule has 0 fully saturated rings. The number of aliphatic hydroxyl groups excluding tert-OH is 1. The van der Waals surface area contributed by atoms with Crippen LogP contribution < -0.4 is 10.6 Å². The standard InChI is InChI=1S/C17H24N2O3/c1-11(2)7-8-15(21)18-10-16(22)19-17-13-6-4-3-5-12(13)9-14(17)20/h3-6,11,14,17,20H,7-10H2,1-2H3,(H,18,21)(H,19,22)/t14-,17-/m0/s1. The van der Waals surface area contributed by atoms with Crippen LogP contribution in [0.25, 0.3) is 0 Å². The summed E-state index contributed by atoms with van der Waals surface area (Å²) in [5.41, 5.74) is 2.01. The van der Waals surface area contributed by atoms with Gasteiger partial charge in [-0.15, -0.1) is 0 Å². The van der Waals surface area contributed by atoms with Gasteiger partial charge in [-0.2, -0.15) is 0 Å². The molecular weight excluding hydrogens is 280 g/mol. The largest absolute Gasteiger partial charge is 0.390 e. The fourth-order valence-electron chi connectivity index (χ4n) is 2.66. The van der Waals surface area contributed by atoms with Crippen LogP contribution in [0.2, 0.25) is 0 Å². The van der Waals surface area contributed by atoms with Crippen molar-refractivity contribution >= 4 is 11.8 Å². The molecule has 2 amide bonds. The highest BCUT2D eigenvalue weighted by Gasteiger charge is 2.31. The van der Waals surface area contributed by atoms with E-state index in [1.54, 1.807) is 0 Å². The Bertz CT molecular complexity index is 542. The first-order valence-electron chi connectivity index (χ1n) is 7.79. The first kappa shape index (κ1) is 16.5. The van der Waals surface area contributed by atoms with Crippen molar-refractivity contribution in [2.45, 2.75) is 45.3 Å². The van der Waals surface area contributed by atoms with E-state index in [9.17, 15) is 14.7 Å². The van der Waals surface area contributed by atoms with Gasteiger partial charge in [0, 0.05) is 12.8 Å². The average molecular weight is 304 g/mol. The molecular formula is C17H24N2O3. The SMILES string of the molecule is CC(C)CCC(=O)NCC(=O)N[C@H]1c2ccccc2C[C@@H]1O. The number of hydrogen-bond donors (Lipinski definition) is 3. The maximum absolute atomic E-state index is 12.0. The van der Waals surface area contributed by atoms with Crippen LogP contribution in [0.3, 0.4) is 0 Å². The van der Waals surface area contributed by atoms with E-state index in [4.69, 9.17) is 0 Å². The number of carbonyl (C=O) groups is 2. The topological polar surface area (TPSA) is 78.4 Å². The van der Waals surface area contributed by atoms with Crippen LogP contribution in [-0.4, -0.2) is 29.6 Å². The Hall–Kier alpha value is -1.88. The van der Waals surface area contributed by atoms with Crippen molar-refractivity contribution in [1.29, 1.82) is 0 Å². The van der Waals surface area contributed by atoms with Gasteiger partial charge in [-0.1, -0.05) is 38.1 Å². The van der Waals surface area contributed by atoms with Crippen molar-refractivity contribution < 1.29 is 14.7 Å². The molecule has 1 aliphatic rings. The molecule has 1 aliphatic carbocycles. The van der Waals surface area contributed by atoms with Gasteiger partial charge in [0.1, 0.15) is 0 Å². The van der Waals surface area contributed by atoms with Crippen LogP contribution in [0.4, 0.5) is 0 Å². The summed E-state index contributed by atoms with van der Waals surface area (Å²) in [6, 6.07) is 7.29. The second-order valence-electron chi connectivity index (χ2n) is 6.22. The molecule has 5 heteroatoms. The third-order valence-corrected chi connectivity index (χ3v) is 3.92. The minimum atomic E-state index is -0.613. The number of benzene rings is 1. The van der Waals surface area contributed by atoms with Gasteiger partial charge in [0.25, 0.3) is 0 Å². The Morgan fingerprint density at radius 3 is 2.73 bits per heavy atom. The Balaban J connectivity index is 1.81. The predicted molar refractivity (Wildman–Crippen MR) is 84.1 cm³/mol. The summed E-state index contributed by atoms with van der Waals surface area (Å²) in [4.78, 5) is 23.6. The highest BCUT2D eigenvalue weighted by Crippen LogP contribution is 2.30. The third-order valence-electron chi connectivity index (χ3n) is 3.92. The summed E-state index contributed by atoms with van der Waals surface area (Å²) in [5, 5.41) is 15.5. The van der Waals surface area contributed by atoms with Crippen LogP contribution in [0.15, 0.2) is 24.3 Å². The smallest absolute Gasteiger partial charge is 0.239 e. The van der Waals surface area contributed by atoms with Crippen molar-refractivity contribution in [3.05, 3.63) is 35.4 Å². The molecule has 120 valence electrons. The Kier molecular flexibility index (Phi) is 5.55. The summed E-state index contributed by atoms with van der Waals surface area (Å²) in [5.74, 6) is 0.0691. The van der Waals surface area contributed by atoms with Crippen LogP contribution in [0, 0.1) is 5.92 Å². The van der Waals surface area contributed by atoms with E-state index >= 15 is 0 Å². The molecule has 0 aliphatic heterocycles. The molecule has 0 aromatic heterocycles. The molecule has 3 N–H and O–H groups in total. The maximum atomic E-state index is 12.0. The van der Waals surface area contributed by atoms with Gasteiger partial charge in [0.2, 0.25) is 11.8 Å². The molecule has 0 unspecified atom stereocenters. The number of fused-ring (bicyclic) bond motifs is 1. The normalized spacial score (nSPS) is 19.8. The minimum absolute atomic E-state index is 0.0533. The summed E-state index contributed by atoms with van der Waals surface area (Å²) in [6.07, 6.45) is 1.17. The van der Waals surface area contributed by atoms with Gasteiger partial charge in [0.15, 0.2) is 0 Å². The molecule has 0 radical (unpaired) electrons. The zero-order chi connectivity index (χ0) is 16.1. The Morgan fingerprint density at radius 1 is 1.27 bits per heavy atom.